The highest BCUT2D eigenvalue weighted by molar-refractivity contribution is 6.30. The van der Waals surface area contributed by atoms with E-state index in [-0.39, 0.29) is 5.82 Å². The lowest BCUT2D eigenvalue weighted by Gasteiger charge is -2.32. The summed E-state index contributed by atoms with van der Waals surface area (Å²) in [6.07, 6.45) is 2.36. The van der Waals surface area contributed by atoms with Gasteiger partial charge in [0.1, 0.15) is 5.82 Å². The fourth-order valence-corrected chi connectivity index (χ4v) is 2.85. The van der Waals surface area contributed by atoms with Gasteiger partial charge in [0.05, 0.1) is 0 Å². The molecule has 0 bridgehead atoms. The predicted molar refractivity (Wildman–Crippen MR) is 82.5 cm³/mol. The minimum Gasteiger partial charge on any atom is -0.314 e. The van der Waals surface area contributed by atoms with Gasteiger partial charge in [-0.15, -0.1) is 0 Å². The average molecular weight is 299 g/mol. The van der Waals surface area contributed by atoms with Crippen LogP contribution in [0.1, 0.15) is 32.3 Å². The summed E-state index contributed by atoms with van der Waals surface area (Å²) in [6, 6.07) is 5.35. The Kier molecular flexibility index (Phi) is 5.82. The van der Waals surface area contributed by atoms with Crippen LogP contribution in [-0.4, -0.2) is 30.6 Å². The van der Waals surface area contributed by atoms with E-state index >= 15 is 0 Å². The molecule has 0 amide bonds. The summed E-state index contributed by atoms with van der Waals surface area (Å²) < 4.78 is 13.7. The summed E-state index contributed by atoms with van der Waals surface area (Å²) in [4.78, 5) is 2.32. The first-order valence-corrected chi connectivity index (χ1v) is 7.82. The third-order valence-electron chi connectivity index (χ3n) is 3.92. The van der Waals surface area contributed by atoms with Crippen LogP contribution in [0, 0.1) is 11.7 Å². The summed E-state index contributed by atoms with van der Waals surface area (Å²) in [7, 11) is 0. The number of likely N-dealkylation sites (tertiary alicyclic amines) is 1. The van der Waals surface area contributed by atoms with Gasteiger partial charge in [-0.3, -0.25) is 4.90 Å². The van der Waals surface area contributed by atoms with Crippen molar-refractivity contribution in [2.45, 2.75) is 39.3 Å². The Bertz CT molecular complexity index is 428. The van der Waals surface area contributed by atoms with Crippen molar-refractivity contribution in [2.75, 3.05) is 19.6 Å². The summed E-state index contributed by atoms with van der Waals surface area (Å²) in [5, 5.41) is 4.11. The van der Waals surface area contributed by atoms with E-state index in [1.165, 1.54) is 18.9 Å². The number of nitrogens with one attached hydrogen (secondary N) is 1. The Morgan fingerprint density at radius 3 is 2.70 bits per heavy atom. The van der Waals surface area contributed by atoms with E-state index in [0.29, 0.717) is 23.2 Å². The van der Waals surface area contributed by atoms with Gasteiger partial charge in [0, 0.05) is 23.2 Å². The normalized spacial score (nSPS) is 17.9. The lowest BCUT2D eigenvalue weighted by atomic mass is 9.96. The Balaban J connectivity index is 1.81. The summed E-state index contributed by atoms with van der Waals surface area (Å²) in [5.74, 6) is 0.593. The molecule has 1 aliphatic rings. The van der Waals surface area contributed by atoms with E-state index in [0.717, 1.165) is 25.6 Å². The first kappa shape index (κ1) is 15.7. The van der Waals surface area contributed by atoms with Crippen molar-refractivity contribution in [3.8, 4) is 0 Å². The van der Waals surface area contributed by atoms with Gasteiger partial charge in [0.15, 0.2) is 0 Å². The second-order valence-corrected chi connectivity index (χ2v) is 6.45. The molecule has 0 radical (unpaired) electrons. The number of hydrogen-bond donors (Lipinski definition) is 1. The Labute approximate surface area is 126 Å². The van der Waals surface area contributed by atoms with Gasteiger partial charge >= 0.3 is 0 Å². The van der Waals surface area contributed by atoms with Crippen LogP contribution in [0.5, 0.6) is 0 Å². The predicted octanol–water partition coefficient (Wildman–Crippen LogP) is 3.69. The number of hydrogen-bond acceptors (Lipinski definition) is 2. The van der Waals surface area contributed by atoms with Crippen LogP contribution in [0.4, 0.5) is 4.39 Å². The van der Waals surface area contributed by atoms with Crippen LogP contribution < -0.4 is 5.32 Å². The molecule has 0 spiro atoms. The molecule has 0 aromatic heterocycles. The van der Waals surface area contributed by atoms with Gasteiger partial charge in [-0.05, 0) is 56.6 Å². The fourth-order valence-electron chi connectivity index (χ4n) is 2.66. The van der Waals surface area contributed by atoms with Gasteiger partial charge in [-0.2, -0.15) is 0 Å². The zero-order valence-electron chi connectivity index (χ0n) is 12.3. The van der Waals surface area contributed by atoms with Crippen LogP contribution in [-0.2, 0) is 6.54 Å². The van der Waals surface area contributed by atoms with Gasteiger partial charge in [0.25, 0.3) is 0 Å². The molecule has 0 unspecified atom stereocenters. The fraction of sp³-hybridized carbons (Fsp3) is 0.625. The van der Waals surface area contributed by atoms with Crippen molar-refractivity contribution in [1.29, 1.82) is 0 Å². The van der Waals surface area contributed by atoms with Gasteiger partial charge in [-0.25, -0.2) is 4.39 Å². The first-order chi connectivity index (χ1) is 9.54. The minimum absolute atomic E-state index is 0.155. The molecule has 1 fully saturated rings. The lowest BCUT2D eigenvalue weighted by molar-refractivity contribution is 0.172. The standard InChI is InChI=1S/C16H24ClFN2/c1-12(2)19-10-13-5-7-20(8-6-13)11-14-9-15(17)3-4-16(14)18/h3-4,9,12-13,19H,5-8,10-11H2,1-2H3. The molecule has 1 aliphatic heterocycles. The molecule has 20 heavy (non-hydrogen) atoms. The summed E-state index contributed by atoms with van der Waals surface area (Å²) in [6.45, 7) is 8.19. The number of nitrogens with zero attached hydrogens (tertiary/aromatic N) is 1. The molecular formula is C16H24ClFN2. The molecule has 1 N–H and O–H groups in total. The monoisotopic (exact) mass is 298 g/mol. The van der Waals surface area contributed by atoms with E-state index in [9.17, 15) is 4.39 Å². The SMILES string of the molecule is CC(C)NCC1CCN(Cc2cc(Cl)ccc2F)CC1. The quantitative estimate of drug-likeness (QED) is 0.892. The second kappa shape index (κ2) is 7.39. The van der Waals surface area contributed by atoms with Crippen molar-refractivity contribution in [2.24, 2.45) is 5.92 Å². The zero-order chi connectivity index (χ0) is 14.5. The summed E-state index contributed by atoms with van der Waals surface area (Å²) >= 11 is 5.94. The highest BCUT2D eigenvalue weighted by Crippen LogP contribution is 2.21. The molecule has 1 heterocycles. The van der Waals surface area contributed by atoms with E-state index in [1.54, 1.807) is 12.1 Å². The highest BCUT2D eigenvalue weighted by atomic mass is 35.5. The molecule has 0 aliphatic carbocycles. The first-order valence-electron chi connectivity index (χ1n) is 7.44. The Morgan fingerprint density at radius 1 is 1.35 bits per heavy atom. The summed E-state index contributed by atoms with van der Waals surface area (Å²) in [5.41, 5.74) is 0.705. The van der Waals surface area contributed by atoms with E-state index in [1.807, 2.05) is 0 Å². The van der Waals surface area contributed by atoms with Crippen LogP contribution >= 0.6 is 11.6 Å². The third kappa shape index (κ3) is 4.72. The van der Waals surface area contributed by atoms with Gasteiger partial charge in [0.2, 0.25) is 0 Å². The molecule has 0 atom stereocenters. The van der Waals surface area contributed by atoms with Gasteiger partial charge < -0.3 is 5.32 Å². The maximum atomic E-state index is 13.7. The second-order valence-electron chi connectivity index (χ2n) is 6.02. The maximum Gasteiger partial charge on any atom is 0.127 e. The van der Waals surface area contributed by atoms with Crippen molar-refractivity contribution in [3.63, 3.8) is 0 Å². The lowest BCUT2D eigenvalue weighted by Crippen LogP contribution is -2.38. The molecule has 1 aromatic rings. The molecule has 1 saturated heterocycles. The van der Waals surface area contributed by atoms with Crippen LogP contribution in [0.3, 0.4) is 0 Å². The molecular weight excluding hydrogens is 275 g/mol. The van der Waals surface area contributed by atoms with Crippen molar-refractivity contribution < 1.29 is 4.39 Å². The molecule has 0 saturated carbocycles. The molecule has 112 valence electrons. The largest absolute Gasteiger partial charge is 0.314 e. The Hall–Kier alpha value is -0.640. The third-order valence-corrected chi connectivity index (χ3v) is 4.16. The van der Waals surface area contributed by atoms with Crippen molar-refractivity contribution >= 4 is 11.6 Å². The molecule has 2 nitrogen and oxygen atoms in total. The Morgan fingerprint density at radius 2 is 2.05 bits per heavy atom. The van der Waals surface area contributed by atoms with Crippen LogP contribution in [0.15, 0.2) is 18.2 Å². The van der Waals surface area contributed by atoms with Crippen molar-refractivity contribution in [1.82, 2.24) is 10.2 Å². The van der Waals surface area contributed by atoms with Gasteiger partial charge in [-0.1, -0.05) is 25.4 Å². The van der Waals surface area contributed by atoms with E-state index in [2.05, 4.69) is 24.1 Å². The molecule has 4 heteroatoms. The topological polar surface area (TPSA) is 15.3 Å². The minimum atomic E-state index is -0.155. The number of halogens is 2. The number of benzene rings is 1. The van der Waals surface area contributed by atoms with E-state index < -0.39 is 0 Å². The highest BCUT2D eigenvalue weighted by Gasteiger charge is 2.20. The van der Waals surface area contributed by atoms with E-state index in [4.69, 9.17) is 11.6 Å². The van der Waals surface area contributed by atoms with Crippen molar-refractivity contribution in [3.05, 3.63) is 34.6 Å². The molecule has 2 rings (SSSR count). The average Bonchev–Trinajstić information content (AvgIpc) is 2.42. The number of rotatable bonds is 5. The maximum absolute atomic E-state index is 13.7. The van der Waals surface area contributed by atoms with Crippen LogP contribution in [0.2, 0.25) is 5.02 Å². The van der Waals surface area contributed by atoms with Crippen LogP contribution in [0.25, 0.3) is 0 Å². The molecule has 1 aromatic carbocycles. The smallest absolute Gasteiger partial charge is 0.127 e. The number of piperidine rings is 1. The zero-order valence-corrected chi connectivity index (χ0v) is 13.1.